The van der Waals surface area contributed by atoms with Crippen LogP contribution < -0.4 is 15.4 Å². The Labute approximate surface area is 316 Å². The zero-order valence-corrected chi connectivity index (χ0v) is 30.8. The Morgan fingerprint density at radius 1 is 0.982 bits per heavy atom. The van der Waals surface area contributed by atoms with Crippen molar-refractivity contribution in [2.24, 2.45) is 0 Å². The van der Waals surface area contributed by atoms with Crippen LogP contribution in [0.4, 0.5) is 19.0 Å². The van der Waals surface area contributed by atoms with E-state index in [0.29, 0.717) is 92.6 Å². The second-order valence-corrected chi connectivity index (χ2v) is 14.8. The molecule has 4 aromatic rings. The number of pyridine rings is 1. The van der Waals surface area contributed by atoms with E-state index in [1.165, 1.54) is 24.3 Å². The van der Waals surface area contributed by atoms with Crippen molar-refractivity contribution in [2.75, 3.05) is 38.0 Å². The number of amides is 4. The van der Waals surface area contributed by atoms with Crippen molar-refractivity contribution in [3.8, 4) is 5.75 Å². The van der Waals surface area contributed by atoms with Crippen LogP contribution in [0.15, 0.2) is 54.7 Å². The lowest BCUT2D eigenvalue weighted by atomic mass is 9.85. The molecule has 0 radical (unpaired) electrons. The molecule has 0 aliphatic carbocycles. The van der Waals surface area contributed by atoms with Crippen molar-refractivity contribution in [1.82, 2.24) is 29.9 Å². The first-order valence-electron chi connectivity index (χ1n) is 18.8. The number of piperidine rings is 3. The Balaban J connectivity index is 0.928. The molecule has 2 aromatic heterocycles. The highest BCUT2D eigenvalue weighted by molar-refractivity contribution is 6.08. The van der Waals surface area contributed by atoms with Gasteiger partial charge in [-0.2, -0.15) is 5.10 Å². The van der Waals surface area contributed by atoms with Crippen molar-refractivity contribution in [3.63, 3.8) is 0 Å². The summed E-state index contributed by atoms with van der Waals surface area (Å²) in [5, 5.41) is 10.4. The highest BCUT2D eigenvalue weighted by Crippen LogP contribution is 2.34. The minimum atomic E-state index is -2.77. The maximum Gasteiger partial charge on any atom is 0.280 e. The van der Waals surface area contributed by atoms with Crippen LogP contribution in [-0.4, -0.2) is 87.0 Å². The third-order valence-electron chi connectivity index (χ3n) is 10.7. The van der Waals surface area contributed by atoms with Crippen molar-refractivity contribution >= 4 is 40.3 Å². The second-order valence-electron chi connectivity index (χ2n) is 14.8. The van der Waals surface area contributed by atoms with E-state index in [1.807, 2.05) is 29.6 Å². The van der Waals surface area contributed by atoms with Gasteiger partial charge in [-0.05, 0) is 100 Å². The predicted molar refractivity (Wildman–Crippen MR) is 197 cm³/mol. The van der Waals surface area contributed by atoms with Crippen LogP contribution in [0.25, 0.3) is 10.9 Å². The molecule has 0 saturated carbocycles. The Kier molecular flexibility index (Phi) is 11.2. The number of carbonyl (C=O) groups is 4. The van der Waals surface area contributed by atoms with Gasteiger partial charge in [-0.3, -0.25) is 34.1 Å². The number of hydrogen-bond donors (Lipinski definition) is 2. The van der Waals surface area contributed by atoms with Gasteiger partial charge < -0.3 is 15.0 Å². The largest absolute Gasteiger partial charge is 0.490 e. The number of rotatable bonds is 10. The number of benzene rings is 2. The maximum absolute atomic E-state index is 15.3. The normalized spacial score (nSPS) is 19.0. The SMILES string of the molecule is CC(C)Oc1cc2nn(C3CCN(C(=O)CN4CCC(c5ccc(C6CCC(=O)NC6=O)cc5F)CC4)CC3)cc2cc1C(=O)Nc1cccc(C(F)F)n1. The lowest BCUT2D eigenvalue weighted by molar-refractivity contribution is -0.135. The van der Waals surface area contributed by atoms with E-state index >= 15 is 4.39 Å². The highest BCUT2D eigenvalue weighted by Gasteiger charge is 2.31. The van der Waals surface area contributed by atoms with E-state index in [1.54, 1.807) is 24.3 Å². The van der Waals surface area contributed by atoms with Crippen LogP contribution in [0.1, 0.15) is 104 Å². The molecule has 2 N–H and O–H groups in total. The fraction of sp³-hybridized carbons (Fsp3) is 0.450. The van der Waals surface area contributed by atoms with Gasteiger partial charge in [0.25, 0.3) is 12.3 Å². The molecule has 0 bridgehead atoms. The van der Waals surface area contributed by atoms with Crippen LogP contribution in [0.5, 0.6) is 5.75 Å². The van der Waals surface area contributed by atoms with Crippen LogP contribution in [0, 0.1) is 5.82 Å². The number of halogens is 3. The van der Waals surface area contributed by atoms with E-state index in [4.69, 9.17) is 9.84 Å². The number of likely N-dealkylation sites (tertiary alicyclic amines) is 2. The number of aromatic nitrogens is 3. The average Bonchev–Trinajstić information content (AvgIpc) is 3.58. The summed E-state index contributed by atoms with van der Waals surface area (Å²) in [6.07, 6.45) is 2.30. The van der Waals surface area contributed by atoms with Gasteiger partial charge in [0, 0.05) is 37.2 Å². The molecule has 3 aliphatic rings. The first-order chi connectivity index (χ1) is 26.4. The number of nitrogens with one attached hydrogen (secondary N) is 2. The van der Waals surface area contributed by atoms with Gasteiger partial charge >= 0.3 is 0 Å². The number of anilines is 1. The number of fused-ring (bicyclic) bond motifs is 1. The molecule has 55 heavy (non-hydrogen) atoms. The van der Waals surface area contributed by atoms with Gasteiger partial charge in [0.15, 0.2) is 0 Å². The number of alkyl halides is 2. The smallest absolute Gasteiger partial charge is 0.280 e. The molecule has 12 nitrogen and oxygen atoms in total. The maximum atomic E-state index is 15.3. The third kappa shape index (κ3) is 8.66. The topological polar surface area (TPSA) is 139 Å². The second kappa shape index (κ2) is 16.2. The Morgan fingerprint density at radius 2 is 1.75 bits per heavy atom. The van der Waals surface area contributed by atoms with E-state index in [-0.39, 0.29) is 59.4 Å². The summed E-state index contributed by atoms with van der Waals surface area (Å²) in [5.74, 6) is -1.71. The first-order valence-corrected chi connectivity index (χ1v) is 18.8. The third-order valence-corrected chi connectivity index (χ3v) is 10.7. The number of imide groups is 1. The summed E-state index contributed by atoms with van der Waals surface area (Å²) in [7, 11) is 0. The molecular formula is C40H44F3N7O5. The van der Waals surface area contributed by atoms with E-state index in [9.17, 15) is 28.0 Å². The molecule has 290 valence electrons. The van der Waals surface area contributed by atoms with Gasteiger partial charge in [-0.15, -0.1) is 0 Å². The zero-order valence-electron chi connectivity index (χ0n) is 30.8. The Morgan fingerprint density at radius 3 is 2.44 bits per heavy atom. The molecule has 1 atom stereocenters. The van der Waals surface area contributed by atoms with Crippen LogP contribution in [-0.2, 0) is 14.4 Å². The monoisotopic (exact) mass is 759 g/mol. The first kappa shape index (κ1) is 38.0. The molecule has 3 saturated heterocycles. The summed E-state index contributed by atoms with van der Waals surface area (Å²) in [6, 6.07) is 12.4. The molecule has 3 aliphatic heterocycles. The molecule has 1 unspecified atom stereocenters. The van der Waals surface area contributed by atoms with E-state index in [0.717, 1.165) is 0 Å². The molecule has 15 heteroatoms. The summed E-state index contributed by atoms with van der Waals surface area (Å²) in [6.45, 7) is 6.45. The van der Waals surface area contributed by atoms with Crippen molar-refractivity contribution < 1.29 is 37.1 Å². The standard InChI is InChI=1S/C40H44F3N7O5/c1-23(2)55-34-20-33-26(18-30(34)40(54)45-35-5-3-4-32(44-35)38(42)43)21-50(47-33)27-12-16-49(17-13-27)37(52)22-48-14-10-24(11-15-48)28-7-6-25(19-31(28)41)29-8-9-36(51)46-39(29)53/h3-7,18-21,23-24,27,29,38H,8-17,22H2,1-2H3,(H,44,45,54)(H,46,51,53). The van der Waals surface area contributed by atoms with E-state index in [2.05, 4.69) is 20.5 Å². The molecule has 5 heterocycles. The lowest BCUT2D eigenvalue weighted by Crippen LogP contribution is -2.46. The van der Waals surface area contributed by atoms with Crippen molar-refractivity contribution in [3.05, 3.63) is 82.9 Å². The average molecular weight is 760 g/mol. The fourth-order valence-electron chi connectivity index (χ4n) is 7.79. The van der Waals surface area contributed by atoms with Gasteiger partial charge in [-0.25, -0.2) is 18.2 Å². The van der Waals surface area contributed by atoms with Gasteiger partial charge in [0.05, 0.1) is 35.7 Å². The lowest BCUT2D eigenvalue weighted by Gasteiger charge is -2.36. The van der Waals surface area contributed by atoms with E-state index < -0.39 is 23.9 Å². The number of hydrogen-bond acceptors (Lipinski definition) is 8. The molecule has 7 rings (SSSR count). The number of ether oxygens (including phenoxy) is 1. The molecule has 4 amide bonds. The Hall–Kier alpha value is -5.31. The number of carbonyl (C=O) groups excluding carboxylic acids is 4. The number of nitrogens with zero attached hydrogens (tertiary/aromatic N) is 5. The van der Waals surface area contributed by atoms with Gasteiger partial charge in [0.2, 0.25) is 17.7 Å². The fourth-order valence-corrected chi connectivity index (χ4v) is 7.79. The summed E-state index contributed by atoms with van der Waals surface area (Å²) >= 11 is 0. The van der Waals surface area contributed by atoms with Gasteiger partial charge in [-0.1, -0.05) is 18.2 Å². The minimum Gasteiger partial charge on any atom is -0.490 e. The van der Waals surface area contributed by atoms with Crippen LogP contribution in [0.2, 0.25) is 0 Å². The predicted octanol–water partition coefficient (Wildman–Crippen LogP) is 6.11. The van der Waals surface area contributed by atoms with Crippen LogP contribution in [0.3, 0.4) is 0 Å². The molecule has 2 aromatic carbocycles. The van der Waals surface area contributed by atoms with Crippen LogP contribution >= 0.6 is 0 Å². The van der Waals surface area contributed by atoms with Crippen molar-refractivity contribution in [2.45, 2.75) is 82.8 Å². The summed E-state index contributed by atoms with van der Waals surface area (Å²) < 4.78 is 49.5. The summed E-state index contributed by atoms with van der Waals surface area (Å²) in [5.41, 5.74) is 1.62. The van der Waals surface area contributed by atoms with Crippen molar-refractivity contribution in [1.29, 1.82) is 0 Å². The highest BCUT2D eigenvalue weighted by atomic mass is 19.3. The molecule has 3 fully saturated rings. The molecule has 0 spiro atoms. The minimum absolute atomic E-state index is 0.00548. The Bertz CT molecular complexity index is 2090. The quantitative estimate of drug-likeness (QED) is 0.185. The summed E-state index contributed by atoms with van der Waals surface area (Å²) in [4.78, 5) is 58.3. The molecular weight excluding hydrogens is 715 g/mol. The van der Waals surface area contributed by atoms with Gasteiger partial charge in [0.1, 0.15) is 23.1 Å². The zero-order chi connectivity index (χ0) is 38.8.